The summed E-state index contributed by atoms with van der Waals surface area (Å²) >= 11 is 0. The van der Waals surface area contributed by atoms with E-state index in [9.17, 15) is 4.79 Å². The van der Waals surface area contributed by atoms with E-state index in [0.29, 0.717) is 12.4 Å². The van der Waals surface area contributed by atoms with Gasteiger partial charge in [0.15, 0.2) is 0 Å². The lowest BCUT2D eigenvalue weighted by Crippen LogP contribution is -2.39. The third-order valence-corrected chi connectivity index (χ3v) is 5.28. The first-order valence-corrected chi connectivity index (χ1v) is 9.94. The van der Waals surface area contributed by atoms with Crippen LogP contribution in [0.4, 0.5) is 5.69 Å². The zero-order valence-corrected chi connectivity index (χ0v) is 17.1. The lowest BCUT2D eigenvalue weighted by Gasteiger charge is -2.22. The van der Waals surface area contributed by atoms with Crippen molar-refractivity contribution < 1.29 is 18.7 Å². The van der Waals surface area contributed by atoms with E-state index in [1.807, 2.05) is 48.5 Å². The molecule has 30 heavy (non-hydrogen) atoms. The summed E-state index contributed by atoms with van der Waals surface area (Å²) in [6, 6.07) is 14.7. The van der Waals surface area contributed by atoms with E-state index in [2.05, 4.69) is 15.2 Å². The summed E-state index contributed by atoms with van der Waals surface area (Å²) < 4.78 is 16.0. The number of oxazole rings is 1. The zero-order chi connectivity index (χ0) is 20.9. The first-order chi connectivity index (χ1) is 14.7. The summed E-state index contributed by atoms with van der Waals surface area (Å²) in [6.45, 7) is 1.42. The molecule has 7 heteroatoms. The number of nitrogens with zero attached hydrogens (tertiary/aromatic N) is 2. The van der Waals surface area contributed by atoms with E-state index in [0.717, 1.165) is 47.8 Å². The van der Waals surface area contributed by atoms with E-state index in [4.69, 9.17) is 13.9 Å². The molecule has 1 atom stereocenters. The maximum absolute atomic E-state index is 12.8. The summed E-state index contributed by atoms with van der Waals surface area (Å²) in [6.07, 6.45) is 3.46. The van der Waals surface area contributed by atoms with Gasteiger partial charge in [0.2, 0.25) is 11.8 Å². The molecular formula is C23H25N3O4. The van der Waals surface area contributed by atoms with Crippen molar-refractivity contribution in [1.82, 2.24) is 9.88 Å². The van der Waals surface area contributed by atoms with Crippen LogP contribution in [0, 0.1) is 0 Å². The number of amides is 1. The van der Waals surface area contributed by atoms with Crippen molar-refractivity contribution in [2.75, 3.05) is 26.1 Å². The Morgan fingerprint density at radius 1 is 1.10 bits per heavy atom. The quantitative estimate of drug-likeness (QED) is 0.639. The number of nitrogens with one attached hydrogen (secondary N) is 1. The Labute approximate surface area is 175 Å². The van der Waals surface area contributed by atoms with Crippen LogP contribution in [0.25, 0.3) is 11.5 Å². The molecule has 0 radical (unpaired) electrons. The highest BCUT2D eigenvalue weighted by atomic mass is 16.5. The molecule has 2 aromatic carbocycles. The van der Waals surface area contributed by atoms with Crippen LogP contribution >= 0.6 is 0 Å². The molecule has 0 spiro atoms. The van der Waals surface area contributed by atoms with Gasteiger partial charge in [-0.3, -0.25) is 9.69 Å². The number of hydrogen-bond acceptors (Lipinski definition) is 6. The van der Waals surface area contributed by atoms with Gasteiger partial charge in [0, 0.05) is 17.8 Å². The Bertz CT molecular complexity index is 982. The van der Waals surface area contributed by atoms with Crippen molar-refractivity contribution in [2.45, 2.75) is 25.4 Å². The molecule has 1 amide bonds. The number of hydrogen-bond donors (Lipinski definition) is 1. The van der Waals surface area contributed by atoms with Crippen LogP contribution in [0.3, 0.4) is 0 Å². The van der Waals surface area contributed by atoms with Crippen LogP contribution in [0.15, 0.2) is 59.2 Å². The van der Waals surface area contributed by atoms with E-state index < -0.39 is 0 Å². The van der Waals surface area contributed by atoms with Gasteiger partial charge in [0.05, 0.1) is 26.0 Å². The minimum absolute atomic E-state index is 0.00320. The smallest absolute Gasteiger partial charge is 0.241 e. The number of likely N-dealkylation sites (tertiary alicyclic amines) is 1. The molecule has 1 unspecified atom stereocenters. The second kappa shape index (κ2) is 9.00. The maximum atomic E-state index is 12.8. The highest BCUT2D eigenvalue weighted by molar-refractivity contribution is 5.95. The molecule has 7 nitrogen and oxygen atoms in total. The van der Waals surface area contributed by atoms with E-state index in [1.165, 1.54) is 0 Å². The molecule has 1 aliphatic heterocycles. The summed E-state index contributed by atoms with van der Waals surface area (Å²) in [5.74, 6) is 2.10. The fourth-order valence-electron chi connectivity index (χ4n) is 3.67. The molecule has 2 heterocycles. The molecule has 1 aliphatic rings. The third kappa shape index (κ3) is 4.46. The number of aromatic nitrogens is 1. The number of benzene rings is 2. The molecule has 0 saturated carbocycles. The molecule has 0 bridgehead atoms. The number of carbonyl (C=O) groups is 1. The normalized spacial score (nSPS) is 16.4. The second-order valence-corrected chi connectivity index (χ2v) is 7.22. The topological polar surface area (TPSA) is 76.8 Å². The number of carbonyl (C=O) groups excluding carboxylic acids is 1. The highest BCUT2D eigenvalue weighted by Crippen LogP contribution is 2.25. The largest absolute Gasteiger partial charge is 0.497 e. The van der Waals surface area contributed by atoms with Crippen LogP contribution < -0.4 is 14.8 Å². The summed E-state index contributed by atoms with van der Waals surface area (Å²) in [7, 11) is 3.25. The molecule has 1 fully saturated rings. The number of methoxy groups -OCH3 is 2. The Morgan fingerprint density at radius 3 is 2.43 bits per heavy atom. The number of ether oxygens (including phenoxy) is 2. The summed E-state index contributed by atoms with van der Waals surface area (Å²) in [5, 5.41) is 3.00. The van der Waals surface area contributed by atoms with Gasteiger partial charge in [-0.1, -0.05) is 0 Å². The minimum atomic E-state index is -0.187. The molecule has 156 valence electrons. The van der Waals surface area contributed by atoms with E-state index >= 15 is 0 Å². The van der Waals surface area contributed by atoms with Crippen molar-refractivity contribution >= 4 is 11.6 Å². The van der Waals surface area contributed by atoms with Gasteiger partial charge in [-0.15, -0.1) is 0 Å². The Morgan fingerprint density at radius 2 is 1.77 bits per heavy atom. The standard InChI is InChI=1S/C23H25N3O4/c1-28-19-9-5-16(6-10-19)23-25-18(15-30-23)14-26-13-3-4-21(26)22(27)24-17-7-11-20(29-2)12-8-17/h5-12,15,21H,3-4,13-14H2,1-2H3,(H,24,27). The van der Waals surface area contributed by atoms with Crippen molar-refractivity contribution in [2.24, 2.45) is 0 Å². The lowest BCUT2D eigenvalue weighted by molar-refractivity contribution is -0.120. The lowest BCUT2D eigenvalue weighted by atomic mass is 10.2. The Hall–Kier alpha value is -3.32. The van der Waals surface area contributed by atoms with Crippen molar-refractivity contribution in [3.63, 3.8) is 0 Å². The SMILES string of the molecule is COc1ccc(NC(=O)C2CCCN2Cc2coc(-c3ccc(OC)cc3)n2)cc1. The minimum Gasteiger partial charge on any atom is -0.497 e. The monoisotopic (exact) mass is 407 g/mol. The van der Waals surface area contributed by atoms with Gasteiger partial charge in [0.1, 0.15) is 17.8 Å². The number of rotatable bonds is 7. The molecule has 1 saturated heterocycles. The van der Waals surface area contributed by atoms with Gasteiger partial charge >= 0.3 is 0 Å². The summed E-state index contributed by atoms with van der Waals surface area (Å²) in [4.78, 5) is 19.6. The second-order valence-electron chi connectivity index (χ2n) is 7.22. The molecule has 0 aliphatic carbocycles. The number of anilines is 1. The van der Waals surface area contributed by atoms with Crippen LogP contribution in [0.5, 0.6) is 11.5 Å². The molecule has 3 aromatic rings. The average molecular weight is 407 g/mol. The highest BCUT2D eigenvalue weighted by Gasteiger charge is 2.31. The molecular weight excluding hydrogens is 382 g/mol. The zero-order valence-electron chi connectivity index (χ0n) is 17.1. The maximum Gasteiger partial charge on any atom is 0.241 e. The van der Waals surface area contributed by atoms with Crippen molar-refractivity contribution in [3.05, 3.63) is 60.5 Å². The van der Waals surface area contributed by atoms with E-state index in [-0.39, 0.29) is 11.9 Å². The van der Waals surface area contributed by atoms with Crippen LogP contribution in [0.1, 0.15) is 18.5 Å². The van der Waals surface area contributed by atoms with Gasteiger partial charge in [-0.05, 0) is 67.9 Å². The van der Waals surface area contributed by atoms with Crippen LogP contribution in [-0.4, -0.2) is 42.6 Å². The fraction of sp³-hybridized carbons (Fsp3) is 0.304. The van der Waals surface area contributed by atoms with Crippen molar-refractivity contribution in [3.8, 4) is 23.0 Å². The molecule has 1 N–H and O–H groups in total. The first-order valence-electron chi connectivity index (χ1n) is 9.94. The summed E-state index contributed by atoms with van der Waals surface area (Å²) in [5.41, 5.74) is 2.46. The van der Waals surface area contributed by atoms with Gasteiger partial charge in [-0.25, -0.2) is 4.98 Å². The van der Waals surface area contributed by atoms with Gasteiger partial charge < -0.3 is 19.2 Å². The van der Waals surface area contributed by atoms with Crippen molar-refractivity contribution in [1.29, 1.82) is 0 Å². The Balaban J connectivity index is 1.39. The van der Waals surface area contributed by atoms with Crippen LogP contribution in [0.2, 0.25) is 0 Å². The fourth-order valence-corrected chi connectivity index (χ4v) is 3.67. The van der Waals surface area contributed by atoms with Gasteiger partial charge in [-0.2, -0.15) is 0 Å². The molecule has 4 rings (SSSR count). The Kier molecular flexibility index (Phi) is 5.99. The van der Waals surface area contributed by atoms with Gasteiger partial charge in [0.25, 0.3) is 0 Å². The third-order valence-electron chi connectivity index (χ3n) is 5.28. The predicted molar refractivity (Wildman–Crippen MR) is 114 cm³/mol. The van der Waals surface area contributed by atoms with Crippen LogP contribution in [-0.2, 0) is 11.3 Å². The first kappa shape index (κ1) is 20.0. The van der Waals surface area contributed by atoms with E-state index in [1.54, 1.807) is 20.5 Å². The average Bonchev–Trinajstić information content (AvgIpc) is 3.44. The molecule has 1 aromatic heterocycles. The predicted octanol–water partition coefficient (Wildman–Crippen LogP) is 3.96.